The van der Waals surface area contributed by atoms with Gasteiger partial charge in [-0.05, 0) is 38.1 Å². The highest BCUT2D eigenvalue weighted by Gasteiger charge is 2.39. The van der Waals surface area contributed by atoms with E-state index in [2.05, 4.69) is 5.32 Å². The SMILES string of the molecule is CN(CC(=O)N[C@@]1(C)CCS(=O)(=O)C1)Cc1ccc(C(F)(F)F)cc1. The number of halogens is 3. The Morgan fingerprint density at radius 2 is 1.88 bits per heavy atom. The maximum absolute atomic E-state index is 12.5. The summed E-state index contributed by atoms with van der Waals surface area (Å²) in [5.41, 5.74) is -0.824. The van der Waals surface area contributed by atoms with E-state index in [1.807, 2.05) is 0 Å². The summed E-state index contributed by atoms with van der Waals surface area (Å²) >= 11 is 0. The first kappa shape index (κ1) is 19.7. The van der Waals surface area contributed by atoms with Crippen molar-refractivity contribution in [3.8, 4) is 0 Å². The number of amides is 1. The maximum atomic E-state index is 12.5. The molecule has 2 rings (SSSR count). The van der Waals surface area contributed by atoms with Crippen LogP contribution in [-0.4, -0.2) is 49.9 Å². The van der Waals surface area contributed by atoms with E-state index in [9.17, 15) is 26.4 Å². The standard InChI is InChI=1S/C16H21F3N2O3S/c1-15(7-8-25(23,24)11-15)20-14(22)10-21(2)9-12-3-5-13(6-4-12)16(17,18)19/h3-6H,7-11H2,1-2H3,(H,20,22)/t15-/m0/s1. The zero-order valence-electron chi connectivity index (χ0n) is 14.1. The van der Waals surface area contributed by atoms with Crippen LogP contribution in [0.4, 0.5) is 13.2 Å². The third kappa shape index (κ3) is 5.71. The Kier molecular flexibility index (Phi) is 5.48. The molecule has 1 fully saturated rings. The van der Waals surface area contributed by atoms with Gasteiger partial charge in [-0.3, -0.25) is 9.69 Å². The summed E-state index contributed by atoms with van der Waals surface area (Å²) in [6.07, 6.45) is -3.99. The number of rotatable bonds is 5. The van der Waals surface area contributed by atoms with Gasteiger partial charge in [0.05, 0.1) is 29.2 Å². The summed E-state index contributed by atoms with van der Waals surface area (Å²) in [5, 5.41) is 2.75. The molecule has 1 heterocycles. The number of benzene rings is 1. The molecule has 0 bridgehead atoms. The lowest BCUT2D eigenvalue weighted by Gasteiger charge is -2.25. The van der Waals surface area contributed by atoms with E-state index in [1.54, 1.807) is 18.9 Å². The summed E-state index contributed by atoms with van der Waals surface area (Å²) < 4.78 is 60.7. The van der Waals surface area contributed by atoms with Gasteiger partial charge in [-0.15, -0.1) is 0 Å². The lowest BCUT2D eigenvalue weighted by Crippen LogP contribution is -2.49. The Bertz CT molecular complexity index is 732. The molecule has 0 aliphatic carbocycles. The molecule has 140 valence electrons. The first-order chi connectivity index (χ1) is 11.4. The van der Waals surface area contributed by atoms with Crippen molar-refractivity contribution in [2.75, 3.05) is 25.1 Å². The van der Waals surface area contributed by atoms with E-state index in [0.29, 0.717) is 18.5 Å². The highest BCUT2D eigenvalue weighted by atomic mass is 32.2. The second kappa shape index (κ2) is 6.95. The predicted molar refractivity (Wildman–Crippen MR) is 87.6 cm³/mol. The molecule has 1 atom stereocenters. The number of nitrogens with one attached hydrogen (secondary N) is 1. The monoisotopic (exact) mass is 378 g/mol. The summed E-state index contributed by atoms with van der Waals surface area (Å²) in [7, 11) is -1.44. The lowest BCUT2D eigenvalue weighted by molar-refractivity contribution is -0.137. The minimum atomic E-state index is -4.37. The van der Waals surface area contributed by atoms with E-state index in [4.69, 9.17) is 0 Å². The van der Waals surface area contributed by atoms with Crippen LogP contribution in [0.3, 0.4) is 0 Å². The number of sulfone groups is 1. The molecule has 0 spiro atoms. The molecule has 1 aromatic rings. The molecular weight excluding hydrogens is 357 g/mol. The van der Waals surface area contributed by atoms with Crippen LogP contribution in [-0.2, 0) is 27.4 Å². The maximum Gasteiger partial charge on any atom is 0.416 e. The van der Waals surface area contributed by atoms with Gasteiger partial charge in [0.25, 0.3) is 0 Å². The number of alkyl halides is 3. The van der Waals surface area contributed by atoms with Gasteiger partial charge in [0.15, 0.2) is 9.84 Å². The summed E-state index contributed by atoms with van der Waals surface area (Å²) in [6.45, 7) is 2.03. The Balaban J connectivity index is 1.87. The van der Waals surface area contributed by atoms with Crippen LogP contribution >= 0.6 is 0 Å². The summed E-state index contributed by atoms with van der Waals surface area (Å²) in [5.74, 6) is -0.325. The van der Waals surface area contributed by atoms with Crippen LogP contribution in [0.1, 0.15) is 24.5 Å². The zero-order valence-corrected chi connectivity index (χ0v) is 14.9. The van der Waals surface area contributed by atoms with Gasteiger partial charge in [-0.1, -0.05) is 12.1 Å². The van der Waals surface area contributed by atoms with Crippen LogP contribution in [0.2, 0.25) is 0 Å². The van der Waals surface area contributed by atoms with Crippen molar-refractivity contribution in [1.82, 2.24) is 10.2 Å². The minimum Gasteiger partial charge on any atom is -0.349 e. The molecule has 1 N–H and O–H groups in total. The van der Waals surface area contributed by atoms with Crippen molar-refractivity contribution in [1.29, 1.82) is 0 Å². The average Bonchev–Trinajstić information content (AvgIpc) is 2.71. The molecule has 1 aliphatic heterocycles. The molecule has 1 aromatic carbocycles. The van der Waals surface area contributed by atoms with Crippen LogP contribution in [0, 0.1) is 0 Å². The van der Waals surface area contributed by atoms with E-state index < -0.39 is 27.1 Å². The third-order valence-corrected chi connectivity index (χ3v) is 5.99. The molecule has 5 nitrogen and oxygen atoms in total. The zero-order chi connectivity index (χ0) is 18.9. The molecule has 0 unspecified atom stereocenters. The predicted octanol–water partition coefficient (Wildman–Crippen LogP) is 1.83. The smallest absolute Gasteiger partial charge is 0.349 e. The third-order valence-electron chi connectivity index (χ3n) is 4.09. The molecule has 1 saturated heterocycles. The molecule has 25 heavy (non-hydrogen) atoms. The number of hydrogen-bond acceptors (Lipinski definition) is 4. The van der Waals surface area contributed by atoms with Gasteiger partial charge in [0.2, 0.25) is 5.91 Å². The molecule has 1 amide bonds. The van der Waals surface area contributed by atoms with Crippen LogP contribution < -0.4 is 5.32 Å². The highest BCUT2D eigenvalue weighted by molar-refractivity contribution is 7.91. The van der Waals surface area contributed by atoms with Gasteiger partial charge >= 0.3 is 6.18 Å². The fraction of sp³-hybridized carbons (Fsp3) is 0.562. The number of likely N-dealkylation sites (N-methyl/N-ethyl adjacent to an activating group) is 1. The van der Waals surface area contributed by atoms with Gasteiger partial charge in [-0.2, -0.15) is 13.2 Å². The van der Waals surface area contributed by atoms with Gasteiger partial charge in [0.1, 0.15) is 0 Å². The second-order valence-electron chi connectivity index (χ2n) is 6.82. The lowest BCUT2D eigenvalue weighted by atomic mass is 10.0. The molecular formula is C16H21F3N2O3S. The topological polar surface area (TPSA) is 66.5 Å². The molecule has 9 heteroatoms. The molecule has 0 radical (unpaired) electrons. The quantitative estimate of drug-likeness (QED) is 0.849. The number of nitrogens with zero attached hydrogens (tertiary/aromatic N) is 1. The van der Waals surface area contributed by atoms with E-state index in [0.717, 1.165) is 12.1 Å². The number of hydrogen-bond donors (Lipinski definition) is 1. The van der Waals surface area contributed by atoms with E-state index in [-0.39, 0.29) is 24.0 Å². The van der Waals surface area contributed by atoms with E-state index >= 15 is 0 Å². The Hall–Kier alpha value is -1.61. The normalized spacial score (nSPS) is 23.0. The Morgan fingerprint density at radius 1 is 1.28 bits per heavy atom. The minimum absolute atomic E-state index is 0.0245. The van der Waals surface area contributed by atoms with Gasteiger partial charge in [0, 0.05) is 6.54 Å². The van der Waals surface area contributed by atoms with Crippen molar-refractivity contribution >= 4 is 15.7 Å². The fourth-order valence-electron chi connectivity index (χ4n) is 2.90. The fourth-order valence-corrected chi connectivity index (χ4v) is 4.99. The largest absolute Gasteiger partial charge is 0.416 e. The highest BCUT2D eigenvalue weighted by Crippen LogP contribution is 2.29. The van der Waals surface area contributed by atoms with Crippen molar-refractivity contribution in [2.45, 2.75) is 31.6 Å². The number of carbonyl (C=O) groups excluding carboxylic acids is 1. The Labute approximate surface area is 145 Å². The Morgan fingerprint density at radius 3 is 2.36 bits per heavy atom. The first-order valence-corrected chi connectivity index (χ1v) is 9.57. The van der Waals surface area contributed by atoms with Crippen LogP contribution in [0.5, 0.6) is 0 Å². The van der Waals surface area contributed by atoms with Gasteiger partial charge < -0.3 is 5.32 Å². The average molecular weight is 378 g/mol. The molecule has 1 aliphatic rings. The van der Waals surface area contributed by atoms with Crippen molar-refractivity contribution in [3.05, 3.63) is 35.4 Å². The van der Waals surface area contributed by atoms with Crippen molar-refractivity contribution < 1.29 is 26.4 Å². The summed E-state index contributed by atoms with van der Waals surface area (Å²) in [4.78, 5) is 13.8. The number of carbonyl (C=O) groups is 1. The summed E-state index contributed by atoms with van der Waals surface area (Å²) in [6, 6.07) is 4.77. The van der Waals surface area contributed by atoms with E-state index in [1.165, 1.54) is 12.1 Å². The van der Waals surface area contributed by atoms with Crippen LogP contribution in [0.15, 0.2) is 24.3 Å². The molecule has 0 aromatic heterocycles. The van der Waals surface area contributed by atoms with Crippen molar-refractivity contribution in [2.24, 2.45) is 0 Å². The van der Waals surface area contributed by atoms with Crippen molar-refractivity contribution in [3.63, 3.8) is 0 Å². The van der Waals surface area contributed by atoms with Gasteiger partial charge in [-0.25, -0.2) is 8.42 Å². The van der Waals surface area contributed by atoms with Crippen LogP contribution in [0.25, 0.3) is 0 Å². The second-order valence-corrected chi connectivity index (χ2v) is 9.00. The molecule has 0 saturated carbocycles. The first-order valence-electron chi connectivity index (χ1n) is 7.75.